The van der Waals surface area contributed by atoms with Crippen LogP contribution in [0.2, 0.25) is 5.02 Å². The lowest BCUT2D eigenvalue weighted by Crippen LogP contribution is -2.36. The number of aryl methyl sites for hydroxylation is 4. The summed E-state index contributed by atoms with van der Waals surface area (Å²) < 4.78 is 1.30. The number of hydrogen-bond acceptors (Lipinski definition) is 3. The molecule has 0 bridgehead atoms. The lowest BCUT2D eigenvalue weighted by Gasteiger charge is -2.15. The molecule has 0 spiro atoms. The standard InChI is InChI=1S/C27H25ClN4O3/c1-15-8-10-21(12-18(15)4)29-26(34)27(35)31-32-22-11-9-20(28)13-19(22)14-23(32)25(33)30-24-16(2)6-5-7-17(24)3/h5-14H,1-4H3,(H,29,34)(H,30,33)(H,31,35). The van der Waals surface area contributed by atoms with E-state index in [0.717, 1.165) is 22.3 Å². The van der Waals surface area contributed by atoms with Gasteiger partial charge >= 0.3 is 11.8 Å². The van der Waals surface area contributed by atoms with Gasteiger partial charge in [0.25, 0.3) is 5.91 Å². The fraction of sp³-hybridized carbons (Fsp3) is 0.148. The van der Waals surface area contributed by atoms with Crippen LogP contribution in [0.1, 0.15) is 32.7 Å². The second kappa shape index (κ2) is 9.64. The number of fused-ring (bicyclic) bond motifs is 1. The molecule has 0 fully saturated rings. The summed E-state index contributed by atoms with van der Waals surface area (Å²) in [5, 5.41) is 6.64. The number of carbonyl (C=O) groups excluding carboxylic acids is 3. The SMILES string of the molecule is Cc1ccc(NC(=O)C(=O)Nn2c(C(=O)Nc3c(C)cccc3C)cc3cc(Cl)ccc32)cc1C. The Morgan fingerprint density at radius 1 is 0.743 bits per heavy atom. The zero-order chi connectivity index (χ0) is 25.3. The number of rotatable bonds is 4. The zero-order valence-electron chi connectivity index (χ0n) is 19.8. The summed E-state index contributed by atoms with van der Waals surface area (Å²) in [5.41, 5.74) is 8.29. The van der Waals surface area contributed by atoms with Gasteiger partial charge in [-0.05, 0) is 86.3 Å². The summed E-state index contributed by atoms with van der Waals surface area (Å²) in [4.78, 5) is 38.7. The minimum atomic E-state index is -0.920. The Morgan fingerprint density at radius 2 is 1.46 bits per heavy atom. The average molecular weight is 489 g/mol. The molecule has 0 atom stereocenters. The highest BCUT2D eigenvalue weighted by Gasteiger charge is 2.22. The van der Waals surface area contributed by atoms with E-state index >= 15 is 0 Å². The highest BCUT2D eigenvalue weighted by molar-refractivity contribution is 6.42. The largest absolute Gasteiger partial charge is 0.328 e. The molecule has 0 saturated heterocycles. The highest BCUT2D eigenvalue weighted by atomic mass is 35.5. The van der Waals surface area contributed by atoms with E-state index in [1.807, 2.05) is 52.0 Å². The van der Waals surface area contributed by atoms with E-state index in [0.29, 0.717) is 27.3 Å². The number of anilines is 2. The van der Waals surface area contributed by atoms with Crippen LogP contribution in [0.15, 0.2) is 60.7 Å². The number of carbonyl (C=O) groups is 3. The van der Waals surface area contributed by atoms with Crippen LogP contribution in [0.5, 0.6) is 0 Å². The Kier molecular flexibility index (Phi) is 6.62. The van der Waals surface area contributed by atoms with Crippen LogP contribution in [0.25, 0.3) is 10.9 Å². The molecular formula is C27H25ClN4O3. The monoisotopic (exact) mass is 488 g/mol. The molecule has 0 saturated carbocycles. The third-order valence-electron chi connectivity index (χ3n) is 5.90. The van der Waals surface area contributed by atoms with Gasteiger partial charge in [-0.25, -0.2) is 4.68 Å². The maximum absolute atomic E-state index is 13.3. The predicted molar refractivity (Wildman–Crippen MR) is 140 cm³/mol. The van der Waals surface area contributed by atoms with Crippen molar-refractivity contribution < 1.29 is 14.4 Å². The Hall–Kier alpha value is -4.10. The van der Waals surface area contributed by atoms with Crippen molar-refractivity contribution in [3.63, 3.8) is 0 Å². The third-order valence-corrected chi connectivity index (χ3v) is 6.14. The van der Waals surface area contributed by atoms with Crippen LogP contribution in [0.3, 0.4) is 0 Å². The maximum atomic E-state index is 13.3. The fourth-order valence-corrected chi connectivity index (χ4v) is 4.00. The number of amides is 3. The van der Waals surface area contributed by atoms with Gasteiger partial charge in [0.2, 0.25) is 0 Å². The van der Waals surface area contributed by atoms with E-state index in [1.54, 1.807) is 36.4 Å². The summed E-state index contributed by atoms with van der Waals surface area (Å²) in [5.74, 6) is -2.22. The number of aromatic nitrogens is 1. The summed E-state index contributed by atoms with van der Waals surface area (Å²) >= 11 is 6.14. The van der Waals surface area contributed by atoms with Gasteiger partial charge in [0.15, 0.2) is 0 Å². The molecular weight excluding hydrogens is 464 g/mol. The smallest absolute Gasteiger partial charge is 0.320 e. The average Bonchev–Trinajstić information content (AvgIpc) is 3.16. The number of para-hydroxylation sites is 1. The zero-order valence-corrected chi connectivity index (χ0v) is 20.6. The maximum Gasteiger partial charge on any atom is 0.328 e. The van der Waals surface area contributed by atoms with Gasteiger partial charge in [0, 0.05) is 21.8 Å². The second-order valence-electron chi connectivity index (χ2n) is 8.48. The number of halogens is 1. The van der Waals surface area contributed by atoms with Crippen LogP contribution in [0, 0.1) is 27.7 Å². The molecule has 0 radical (unpaired) electrons. The highest BCUT2D eigenvalue weighted by Crippen LogP contribution is 2.25. The first-order valence-electron chi connectivity index (χ1n) is 11.0. The third kappa shape index (κ3) is 5.05. The van der Waals surface area contributed by atoms with E-state index < -0.39 is 17.7 Å². The molecule has 7 nitrogen and oxygen atoms in total. The molecule has 0 aliphatic rings. The van der Waals surface area contributed by atoms with Crippen LogP contribution >= 0.6 is 11.6 Å². The molecule has 178 valence electrons. The Balaban J connectivity index is 1.65. The van der Waals surface area contributed by atoms with Crippen LogP contribution in [-0.2, 0) is 9.59 Å². The van der Waals surface area contributed by atoms with Gasteiger partial charge in [0.05, 0.1) is 5.52 Å². The number of hydrogen-bond donors (Lipinski definition) is 3. The molecule has 35 heavy (non-hydrogen) atoms. The van der Waals surface area contributed by atoms with E-state index in [9.17, 15) is 14.4 Å². The van der Waals surface area contributed by atoms with Gasteiger partial charge in [0.1, 0.15) is 5.69 Å². The summed E-state index contributed by atoms with van der Waals surface area (Å²) in [6.45, 7) is 7.68. The first kappa shape index (κ1) is 24.0. The Morgan fingerprint density at radius 3 is 2.14 bits per heavy atom. The quantitative estimate of drug-likeness (QED) is 0.332. The van der Waals surface area contributed by atoms with E-state index in [4.69, 9.17) is 11.6 Å². The van der Waals surface area contributed by atoms with Crippen molar-refractivity contribution in [1.82, 2.24) is 4.68 Å². The molecule has 4 aromatic rings. The summed E-state index contributed by atoms with van der Waals surface area (Å²) in [6.07, 6.45) is 0. The van der Waals surface area contributed by atoms with Crippen molar-refractivity contribution in [1.29, 1.82) is 0 Å². The predicted octanol–water partition coefficient (Wildman–Crippen LogP) is 5.49. The molecule has 4 rings (SSSR count). The minimum Gasteiger partial charge on any atom is -0.320 e. The van der Waals surface area contributed by atoms with E-state index in [1.165, 1.54) is 4.68 Å². The number of nitrogens with zero attached hydrogens (tertiary/aromatic N) is 1. The topological polar surface area (TPSA) is 92.2 Å². The van der Waals surface area contributed by atoms with Gasteiger partial charge in [-0.2, -0.15) is 0 Å². The molecule has 0 aliphatic carbocycles. The normalized spacial score (nSPS) is 10.8. The van der Waals surface area contributed by atoms with Crippen molar-refractivity contribution in [2.45, 2.75) is 27.7 Å². The summed E-state index contributed by atoms with van der Waals surface area (Å²) in [6, 6.07) is 17.7. The first-order chi connectivity index (χ1) is 16.6. The van der Waals surface area contributed by atoms with Crippen LogP contribution < -0.4 is 16.1 Å². The molecule has 1 aromatic heterocycles. The van der Waals surface area contributed by atoms with Crippen molar-refractivity contribution in [2.75, 3.05) is 16.1 Å². The van der Waals surface area contributed by atoms with Gasteiger partial charge in [-0.3, -0.25) is 19.8 Å². The van der Waals surface area contributed by atoms with Gasteiger partial charge < -0.3 is 10.6 Å². The number of benzene rings is 3. The van der Waals surface area contributed by atoms with Gasteiger partial charge in [-0.1, -0.05) is 35.9 Å². The molecule has 8 heteroatoms. The molecule has 0 unspecified atom stereocenters. The second-order valence-corrected chi connectivity index (χ2v) is 8.92. The lowest BCUT2D eigenvalue weighted by molar-refractivity contribution is -0.133. The van der Waals surface area contributed by atoms with E-state index in [2.05, 4.69) is 16.1 Å². The van der Waals surface area contributed by atoms with Crippen molar-refractivity contribution >= 4 is 51.6 Å². The first-order valence-corrected chi connectivity index (χ1v) is 11.4. The van der Waals surface area contributed by atoms with Crippen molar-refractivity contribution in [3.05, 3.63) is 93.6 Å². The molecule has 0 aliphatic heterocycles. The minimum absolute atomic E-state index is 0.150. The van der Waals surface area contributed by atoms with Crippen molar-refractivity contribution in [2.24, 2.45) is 0 Å². The lowest BCUT2D eigenvalue weighted by atomic mass is 10.1. The Labute approximate surface area is 208 Å². The molecule has 3 amide bonds. The van der Waals surface area contributed by atoms with Crippen LogP contribution in [-0.4, -0.2) is 22.4 Å². The molecule has 3 N–H and O–H groups in total. The van der Waals surface area contributed by atoms with Gasteiger partial charge in [-0.15, -0.1) is 0 Å². The van der Waals surface area contributed by atoms with Crippen LogP contribution in [0.4, 0.5) is 11.4 Å². The number of nitrogens with one attached hydrogen (secondary N) is 3. The molecule has 3 aromatic carbocycles. The van der Waals surface area contributed by atoms with E-state index in [-0.39, 0.29) is 5.69 Å². The molecule has 1 heterocycles. The fourth-order valence-electron chi connectivity index (χ4n) is 3.82. The summed E-state index contributed by atoms with van der Waals surface area (Å²) in [7, 11) is 0. The Bertz CT molecular complexity index is 1470. The van der Waals surface area contributed by atoms with Crippen molar-refractivity contribution in [3.8, 4) is 0 Å².